The van der Waals surface area contributed by atoms with Gasteiger partial charge in [0, 0.05) is 12.6 Å². The zero-order chi connectivity index (χ0) is 19.1. The van der Waals surface area contributed by atoms with Crippen molar-refractivity contribution in [2.24, 2.45) is 11.8 Å². The van der Waals surface area contributed by atoms with Crippen LogP contribution in [-0.2, 0) is 20.7 Å². The summed E-state index contributed by atoms with van der Waals surface area (Å²) in [6.45, 7) is 4.45. The monoisotopic (exact) mass is 361 g/mol. The Kier molecular flexibility index (Phi) is 7.49. The Morgan fingerprint density at radius 2 is 1.81 bits per heavy atom. The molecule has 3 atom stereocenters. The van der Waals surface area contributed by atoms with Crippen molar-refractivity contribution in [1.82, 2.24) is 4.90 Å². The van der Waals surface area contributed by atoms with Gasteiger partial charge in [-0.25, -0.2) is 0 Å². The van der Waals surface area contributed by atoms with Gasteiger partial charge in [-0.3, -0.25) is 9.59 Å². The molecule has 1 aromatic rings. The standard InChI is InChI=1S/C21H31NO4/c1-15-7-5-6-8-19(15)22(14-16(2)21(24)26-4)20(23)13-17-9-11-18(25-3)12-10-17/h9-12,15-16,19H,5-8,13-14H2,1-4H3. The fourth-order valence-corrected chi connectivity index (χ4v) is 3.77. The van der Waals surface area contributed by atoms with E-state index in [1.807, 2.05) is 36.1 Å². The summed E-state index contributed by atoms with van der Waals surface area (Å²) in [5.41, 5.74) is 0.954. The lowest BCUT2D eigenvalue weighted by Gasteiger charge is -2.39. The van der Waals surface area contributed by atoms with E-state index in [0.717, 1.165) is 30.6 Å². The van der Waals surface area contributed by atoms with Crippen molar-refractivity contribution in [3.8, 4) is 5.75 Å². The number of nitrogens with zero attached hydrogens (tertiary/aromatic N) is 1. The van der Waals surface area contributed by atoms with Gasteiger partial charge in [0.25, 0.3) is 0 Å². The van der Waals surface area contributed by atoms with Crippen LogP contribution in [-0.4, -0.2) is 43.6 Å². The summed E-state index contributed by atoms with van der Waals surface area (Å²) in [7, 11) is 3.02. The maximum atomic E-state index is 13.1. The quantitative estimate of drug-likeness (QED) is 0.698. The van der Waals surface area contributed by atoms with Gasteiger partial charge in [-0.15, -0.1) is 0 Å². The van der Waals surface area contributed by atoms with Gasteiger partial charge in [0.15, 0.2) is 0 Å². The molecule has 0 aromatic heterocycles. The van der Waals surface area contributed by atoms with Gasteiger partial charge in [-0.2, -0.15) is 0 Å². The number of esters is 1. The minimum atomic E-state index is -0.325. The van der Waals surface area contributed by atoms with Gasteiger partial charge in [-0.05, 0) is 36.5 Å². The number of benzene rings is 1. The summed E-state index contributed by atoms with van der Waals surface area (Å²) >= 11 is 0. The van der Waals surface area contributed by atoms with Crippen molar-refractivity contribution in [2.45, 2.75) is 52.0 Å². The number of methoxy groups -OCH3 is 2. The lowest BCUT2D eigenvalue weighted by Crippen LogP contribution is -2.48. The van der Waals surface area contributed by atoms with Crippen LogP contribution >= 0.6 is 0 Å². The van der Waals surface area contributed by atoms with Crippen LogP contribution in [0.1, 0.15) is 45.1 Å². The Morgan fingerprint density at radius 1 is 1.15 bits per heavy atom. The summed E-state index contributed by atoms with van der Waals surface area (Å²) in [6, 6.07) is 7.77. The number of ether oxygens (including phenoxy) is 2. The predicted octanol–water partition coefficient (Wildman–Crippen LogP) is 3.45. The molecular weight excluding hydrogens is 330 g/mol. The zero-order valence-corrected chi connectivity index (χ0v) is 16.4. The van der Waals surface area contributed by atoms with Crippen molar-refractivity contribution in [2.75, 3.05) is 20.8 Å². The van der Waals surface area contributed by atoms with E-state index in [2.05, 4.69) is 6.92 Å². The second-order valence-corrected chi connectivity index (χ2v) is 7.32. The number of carbonyl (C=O) groups is 2. The highest BCUT2D eigenvalue weighted by Gasteiger charge is 2.32. The maximum Gasteiger partial charge on any atom is 0.310 e. The van der Waals surface area contributed by atoms with Crippen LogP contribution < -0.4 is 4.74 Å². The highest BCUT2D eigenvalue weighted by molar-refractivity contribution is 5.80. The fraction of sp³-hybridized carbons (Fsp3) is 0.619. The van der Waals surface area contributed by atoms with Crippen molar-refractivity contribution < 1.29 is 19.1 Å². The predicted molar refractivity (Wildman–Crippen MR) is 101 cm³/mol. The van der Waals surface area contributed by atoms with Gasteiger partial charge >= 0.3 is 5.97 Å². The van der Waals surface area contributed by atoms with Crippen LogP contribution in [0.5, 0.6) is 5.75 Å². The van der Waals surface area contributed by atoms with E-state index in [9.17, 15) is 9.59 Å². The molecule has 1 fully saturated rings. The van der Waals surface area contributed by atoms with E-state index in [-0.39, 0.29) is 23.8 Å². The SMILES string of the molecule is COC(=O)C(C)CN(C(=O)Cc1ccc(OC)cc1)C1CCCCC1C. The molecular formula is C21H31NO4. The topological polar surface area (TPSA) is 55.8 Å². The molecule has 144 valence electrons. The lowest BCUT2D eigenvalue weighted by atomic mass is 9.84. The second-order valence-electron chi connectivity index (χ2n) is 7.32. The number of rotatable bonds is 7. The Hall–Kier alpha value is -2.04. The molecule has 1 aliphatic carbocycles. The van der Waals surface area contributed by atoms with E-state index in [4.69, 9.17) is 9.47 Å². The number of hydrogen-bond acceptors (Lipinski definition) is 4. The maximum absolute atomic E-state index is 13.1. The number of hydrogen-bond donors (Lipinski definition) is 0. The Labute approximate surface area is 156 Å². The first-order chi connectivity index (χ1) is 12.5. The van der Waals surface area contributed by atoms with Crippen molar-refractivity contribution in [3.63, 3.8) is 0 Å². The van der Waals surface area contributed by atoms with E-state index in [1.54, 1.807) is 7.11 Å². The largest absolute Gasteiger partial charge is 0.497 e. The zero-order valence-electron chi connectivity index (χ0n) is 16.4. The molecule has 0 saturated heterocycles. The number of amides is 1. The molecule has 0 spiro atoms. The minimum Gasteiger partial charge on any atom is -0.497 e. The molecule has 1 amide bonds. The van der Waals surface area contributed by atoms with Crippen LogP contribution in [0.15, 0.2) is 24.3 Å². The first-order valence-electron chi connectivity index (χ1n) is 9.46. The highest BCUT2D eigenvalue weighted by Crippen LogP contribution is 2.29. The molecule has 1 aromatic carbocycles. The van der Waals surface area contributed by atoms with Crippen molar-refractivity contribution in [1.29, 1.82) is 0 Å². The second kappa shape index (κ2) is 9.60. The Morgan fingerprint density at radius 3 is 2.38 bits per heavy atom. The molecule has 1 aliphatic rings. The molecule has 2 rings (SSSR count). The first-order valence-corrected chi connectivity index (χ1v) is 9.46. The molecule has 0 aliphatic heterocycles. The summed E-state index contributed by atoms with van der Waals surface area (Å²) < 4.78 is 10.0. The molecule has 0 radical (unpaired) electrons. The molecule has 0 heterocycles. The molecule has 5 nitrogen and oxygen atoms in total. The van der Waals surface area contributed by atoms with E-state index < -0.39 is 0 Å². The first kappa shape index (κ1) is 20.3. The van der Waals surface area contributed by atoms with E-state index in [0.29, 0.717) is 18.9 Å². The van der Waals surface area contributed by atoms with E-state index >= 15 is 0 Å². The normalized spacial score (nSPS) is 20.9. The Bertz CT molecular complexity index is 599. The van der Waals surface area contributed by atoms with Gasteiger partial charge in [-0.1, -0.05) is 38.8 Å². The average molecular weight is 361 g/mol. The van der Waals surface area contributed by atoms with Gasteiger partial charge in [0.05, 0.1) is 26.6 Å². The highest BCUT2D eigenvalue weighted by atomic mass is 16.5. The van der Waals surface area contributed by atoms with Gasteiger partial charge in [0.1, 0.15) is 5.75 Å². The van der Waals surface area contributed by atoms with E-state index in [1.165, 1.54) is 13.5 Å². The van der Waals surface area contributed by atoms with Crippen LogP contribution in [0, 0.1) is 11.8 Å². The average Bonchev–Trinajstić information content (AvgIpc) is 2.66. The van der Waals surface area contributed by atoms with Crippen molar-refractivity contribution in [3.05, 3.63) is 29.8 Å². The van der Waals surface area contributed by atoms with Crippen molar-refractivity contribution >= 4 is 11.9 Å². The smallest absolute Gasteiger partial charge is 0.310 e. The third-order valence-corrected chi connectivity index (χ3v) is 5.38. The summed E-state index contributed by atoms with van der Waals surface area (Å²) in [6.07, 6.45) is 4.81. The molecule has 5 heteroatoms. The molecule has 0 bridgehead atoms. The molecule has 3 unspecified atom stereocenters. The third-order valence-electron chi connectivity index (χ3n) is 5.38. The third kappa shape index (κ3) is 5.23. The van der Waals surface area contributed by atoms with Crippen LogP contribution in [0.2, 0.25) is 0 Å². The minimum absolute atomic E-state index is 0.0738. The van der Waals surface area contributed by atoms with Gasteiger partial charge in [0.2, 0.25) is 5.91 Å². The summed E-state index contributed by atoms with van der Waals surface area (Å²) in [5, 5.41) is 0. The van der Waals surface area contributed by atoms with Crippen LogP contribution in [0.3, 0.4) is 0 Å². The molecule has 0 N–H and O–H groups in total. The lowest BCUT2D eigenvalue weighted by molar-refractivity contribution is -0.147. The Balaban J connectivity index is 2.14. The van der Waals surface area contributed by atoms with Crippen LogP contribution in [0.4, 0.5) is 0 Å². The van der Waals surface area contributed by atoms with Crippen LogP contribution in [0.25, 0.3) is 0 Å². The molecule has 26 heavy (non-hydrogen) atoms. The van der Waals surface area contributed by atoms with Gasteiger partial charge < -0.3 is 14.4 Å². The number of carbonyl (C=O) groups excluding carboxylic acids is 2. The summed E-state index contributed by atoms with van der Waals surface area (Å²) in [4.78, 5) is 26.9. The molecule has 1 saturated carbocycles. The summed E-state index contributed by atoms with van der Waals surface area (Å²) in [5.74, 6) is 0.709. The fourth-order valence-electron chi connectivity index (χ4n) is 3.77.